The monoisotopic (exact) mass is 347 g/mol. The maximum absolute atomic E-state index is 12.4. The van der Waals surface area contributed by atoms with Crippen molar-refractivity contribution < 1.29 is 13.2 Å². The first kappa shape index (κ1) is 17.9. The molecule has 1 amide bonds. The Morgan fingerprint density at radius 2 is 1.88 bits per heavy atom. The highest BCUT2D eigenvalue weighted by atomic mass is 32.2. The molecule has 0 unspecified atom stereocenters. The van der Waals surface area contributed by atoms with Crippen molar-refractivity contribution in [1.29, 1.82) is 0 Å². The van der Waals surface area contributed by atoms with Crippen molar-refractivity contribution in [2.45, 2.75) is 26.4 Å². The second-order valence-corrected chi connectivity index (χ2v) is 7.47. The Labute approximate surface area is 142 Å². The summed E-state index contributed by atoms with van der Waals surface area (Å²) < 4.78 is 25.5. The quantitative estimate of drug-likeness (QED) is 0.865. The van der Waals surface area contributed by atoms with Gasteiger partial charge >= 0.3 is 0 Å². The molecule has 0 spiro atoms. The summed E-state index contributed by atoms with van der Waals surface area (Å²) in [6.07, 6.45) is 2.73. The van der Waals surface area contributed by atoms with E-state index in [1.165, 1.54) is 0 Å². The van der Waals surface area contributed by atoms with E-state index in [4.69, 9.17) is 0 Å². The first-order chi connectivity index (χ1) is 11.3. The summed E-state index contributed by atoms with van der Waals surface area (Å²) in [6.45, 7) is 3.72. The van der Waals surface area contributed by atoms with Gasteiger partial charge in [-0.15, -0.1) is 0 Å². The van der Waals surface area contributed by atoms with Crippen LogP contribution in [0.25, 0.3) is 0 Å². The molecule has 2 rings (SSSR count). The summed E-state index contributed by atoms with van der Waals surface area (Å²) >= 11 is 0. The van der Waals surface area contributed by atoms with Crippen LogP contribution in [0.5, 0.6) is 0 Å². The molecule has 1 atom stereocenters. The molecule has 7 heteroatoms. The van der Waals surface area contributed by atoms with E-state index in [2.05, 4.69) is 10.3 Å². The standard InChI is InChI=1S/C17H21N3O3S/c1-13-7-9-16(10-8-13)20(24(3,22)23)14(2)17(21)19-12-15-6-4-5-11-18-15/h4-11,14H,12H2,1-3H3,(H,19,21)/t14-/m1/s1. The zero-order chi connectivity index (χ0) is 17.7. The van der Waals surface area contributed by atoms with E-state index < -0.39 is 16.1 Å². The number of sulfonamides is 1. The Kier molecular flexibility index (Phi) is 5.56. The van der Waals surface area contributed by atoms with Gasteiger partial charge in [0, 0.05) is 6.20 Å². The number of amides is 1. The first-order valence-electron chi connectivity index (χ1n) is 7.53. The summed E-state index contributed by atoms with van der Waals surface area (Å²) in [5.74, 6) is -0.383. The van der Waals surface area contributed by atoms with E-state index in [-0.39, 0.29) is 12.5 Å². The summed E-state index contributed by atoms with van der Waals surface area (Å²) in [4.78, 5) is 16.5. The van der Waals surface area contributed by atoms with Crippen molar-refractivity contribution in [2.24, 2.45) is 0 Å². The number of pyridine rings is 1. The van der Waals surface area contributed by atoms with Gasteiger partial charge in [-0.05, 0) is 38.1 Å². The highest BCUT2D eigenvalue weighted by molar-refractivity contribution is 7.92. The van der Waals surface area contributed by atoms with Crippen molar-refractivity contribution in [1.82, 2.24) is 10.3 Å². The Morgan fingerprint density at radius 3 is 2.42 bits per heavy atom. The topological polar surface area (TPSA) is 79.4 Å². The minimum absolute atomic E-state index is 0.246. The number of nitrogens with one attached hydrogen (secondary N) is 1. The zero-order valence-electron chi connectivity index (χ0n) is 13.9. The van der Waals surface area contributed by atoms with Crippen LogP contribution in [-0.2, 0) is 21.4 Å². The number of carbonyl (C=O) groups excluding carboxylic acids is 1. The molecule has 1 N–H and O–H groups in total. The van der Waals surface area contributed by atoms with Crippen LogP contribution in [0.1, 0.15) is 18.2 Å². The predicted octanol–water partition coefficient (Wildman–Crippen LogP) is 1.86. The molecule has 0 radical (unpaired) electrons. The van der Waals surface area contributed by atoms with Crippen LogP contribution >= 0.6 is 0 Å². The molecule has 0 aliphatic rings. The van der Waals surface area contributed by atoms with Gasteiger partial charge in [-0.25, -0.2) is 8.42 Å². The number of aryl methyl sites for hydroxylation is 1. The number of anilines is 1. The highest BCUT2D eigenvalue weighted by Gasteiger charge is 2.28. The van der Waals surface area contributed by atoms with Gasteiger partial charge in [0.15, 0.2) is 0 Å². The first-order valence-corrected chi connectivity index (χ1v) is 9.37. The van der Waals surface area contributed by atoms with Crippen LogP contribution in [0.3, 0.4) is 0 Å². The van der Waals surface area contributed by atoms with Crippen LogP contribution in [0.15, 0.2) is 48.7 Å². The Hall–Kier alpha value is -2.41. The molecule has 24 heavy (non-hydrogen) atoms. The lowest BCUT2D eigenvalue weighted by atomic mass is 10.2. The van der Waals surface area contributed by atoms with Gasteiger partial charge in [0.1, 0.15) is 6.04 Å². The van der Waals surface area contributed by atoms with E-state index >= 15 is 0 Å². The third kappa shape index (κ3) is 4.55. The number of carbonyl (C=O) groups is 1. The largest absolute Gasteiger partial charge is 0.349 e. The van der Waals surface area contributed by atoms with Gasteiger partial charge in [0.2, 0.25) is 15.9 Å². The second-order valence-electron chi connectivity index (χ2n) is 5.61. The number of benzene rings is 1. The number of hydrogen-bond donors (Lipinski definition) is 1. The van der Waals surface area contributed by atoms with Crippen molar-refractivity contribution in [3.8, 4) is 0 Å². The minimum Gasteiger partial charge on any atom is -0.349 e. The molecule has 0 aliphatic heterocycles. The van der Waals surface area contributed by atoms with Gasteiger partial charge < -0.3 is 5.32 Å². The van der Waals surface area contributed by atoms with Crippen LogP contribution in [0, 0.1) is 6.92 Å². The number of hydrogen-bond acceptors (Lipinski definition) is 4. The SMILES string of the molecule is Cc1ccc(N([C@H](C)C(=O)NCc2ccccn2)S(C)(=O)=O)cc1. The van der Waals surface area contributed by atoms with Crippen LogP contribution in [0.2, 0.25) is 0 Å². The van der Waals surface area contributed by atoms with Gasteiger partial charge in [0.25, 0.3) is 0 Å². The van der Waals surface area contributed by atoms with Gasteiger partial charge in [-0.3, -0.25) is 14.1 Å². The van der Waals surface area contributed by atoms with Crippen LogP contribution in [0.4, 0.5) is 5.69 Å². The molecular formula is C17H21N3O3S. The lowest BCUT2D eigenvalue weighted by molar-refractivity contribution is -0.122. The van der Waals surface area contributed by atoms with Crippen molar-refractivity contribution in [3.63, 3.8) is 0 Å². The van der Waals surface area contributed by atoms with E-state index in [0.717, 1.165) is 16.1 Å². The number of aromatic nitrogens is 1. The zero-order valence-corrected chi connectivity index (χ0v) is 14.7. The summed E-state index contributed by atoms with van der Waals surface area (Å²) in [7, 11) is -3.60. The second kappa shape index (κ2) is 7.44. The van der Waals surface area contributed by atoms with E-state index in [0.29, 0.717) is 11.4 Å². The van der Waals surface area contributed by atoms with Crippen LogP contribution in [-0.4, -0.2) is 31.6 Å². The molecule has 1 heterocycles. The fourth-order valence-corrected chi connectivity index (χ4v) is 3.50. The molecule has 0 fully saturated rings. The summed E-state index contributed by atoms with van der Waals surface area (Å²) in [5, 5.41) is 2.72. The maximum Gasteiger partial charge on any atom is 0.243 e. The van der Waals surface area contributed by atoms with Crippen LogP contribution < -0.4 is 9.62 Å². The lowest BCUT2D eigenvalue weighted by Gasteiger charge is -2.28. The molecule has 0 bridgehead atoms. The van der Waals surface area contributed by atoms with Gasteiger partial charge in [-0.2, -0.15) is 0 Å². The molecule has 0 saturated carbocycles. The third-order valence-electron chi connectivity index (χ3n) is 3.55. The fraction of sp³-hybridized carbons (Fsp3) is 0.294. The molecular weight excluding hydrogens is 326 g/mol. The van der Waals surface area contributed by atoms with Crippen molar-refractivity contribution in [2.75, 3.05) is 10.6 Å². The Bertz CT molecular complexity index is 790. The summed E-state index contributed by atoms with van der Waals surface area (Å²) in [5.41, 5.74) is 2.18. The van der Waals surface area contributed by atoms with E-state index in [1.807, 2.05) is 25.1 Å². The molecule has 1 aromatic carbocycles. The molecule has 128 valence electrons. The van der Waals surface area contributed by atoms with Crippen molar-refractivity contribution >= 4 is 21.6 Å². The molecule has 1 aromatic heterocycles. The lowest BCUT2D eigenvalue weighted by Crippen LogP contribution is -2.47. The highest BCUT2D eigenvalue weighted by Crippen LogP contribution is 2.21. The van der Waals surface area contributed by atoms with E-state index in [9.17, 15) is 13.2 Å². The fourth-order valence-electron chi connectivity index (χ4n) is 2.33. The molecule has 0 saturated heterocycles. The Morgan fingerprint density at radius 1 is 1.21 bits per heavy atom. The maximum atomic E-state index is 12.4. The average Bonchev–Trinajstić information content (AvgIpc) is 2.54. The predicted molar refractivity (Wildman–Crippen MR) is 94.0 cm³/mol. The Balaban J connectivity index is 2.17. The number of nitrogens with zero attached hydrogens (tertiary/aromatic N) is 2. The molecule has 0 aliphatic carbocycles. The smallest absolute Gasteiger partial charge is 0.243 e. The van der Waals surface area contributed by atoms with E-state index in [1.54, 1.807) is 37.4 Å². The number of rotatable bonds is 6. The summed E-state index contributed by atoms with van der Waals surface area (Å²) in [6, 6.07) is 11.5. The third-order valence-corrected chi connectivity index (χ3v) is 4.79. The normalized spacial score (nSPS) is 12.5. The minimum atomic E-state index is -3.60. The average molecular weight is 347 g/mol. The van der Waals surface area contributed by atoms with Gasteiger partial charge in [-0.1, -0.05) is 23.8 Å². The van der Waals surface area contributed by atoms with Gasteiger partial charge in [0.05, 0.1) is 24.2 Å². The molecule has 2 aromatic rings. The molecule has 6 nitrogen and oxygen atoms in total. The van der Waals surface area contributed by atoms with Crippen molar-refractivity contribution in [3.05, 3.63) is 59.9 Å².